The Labute approximate surface area is 190 Å². The zero-order chi connectivity index (χ0) is 22.8. The van der Waals surface area contributed by atoms with E-state index < -0.39 is 0 Å². The molecule has 0 aliphatic carbocycles. The first-order chi connectivity index (χ1) is 16.2. The number of H-pyrrole nitrogens is 2. The standard InChI is InChI=1S/C27H23N3O3/c1-3-33-24-13-12-17(15-25(24)32-2)26(31)20(27-29-22-10-6-7-11-23(22)30-27)14-18-16-28-21-9-5-4-8-19(18)21/h4-16,28H,3H2,1-2H3,(H,29,30). The molecule has 6 heteroatoms. The first-order valence-corrected chi connectivity index (χ1v) is 10.8. The Bertz CT molecular complexity index is 1460. The molecule has 5 rings (SSSR count). The van der Waals surface area contributed by atoms with Crippen molar-refractivity contribution in [3.8, 4) is 11.5 Å². The maximum atomic E-state index is 13.8. The minimum Gasteiger partial charge on any atom is -0.493 e. The molecule has 33 heavy (non-hydrogen) atoms. The van der Waals surface area contributed by atoms with Crippen LogP contribution in [-0.2, 0) is 0 Å². The van der Waals surface area contributed by atoms with Crippen LogP contribution in [0.15, 0.2) is 72.9 Å². The van der Waals surface area contributed by atoms with Gasteiger partial charge in [-0.15, -0.1) is 0 Å². The molecule has 0 spiro atoms. The zero-order valence-electron chi connectivity index (χ0n) is 18.4. The molecule has 0 fully saturated rings. The second kappa shape index (κ2) is 8.67. The first-order valence-electron chi connectivity index (χ1n) is 10.8. The molecular formula is C27H23N3O3. The highest BCUT2D eigenvalue weighted by atomic mass is 16.5. The summed E-state index contributed by atoms with van der Waals surface area (Å²) in [5.74, 6) is 1.46. The molecule has 3 aromatic carbocycles. The molecule has 0 radical (unpaired) electrons. The van der Waals surface area contributed by atoms with Gasteiger partial charge in [-0.2, -0.15) is 0 Å². The van der Waals surface area contributed by atoms with Gasteiger partial charge in [0.2, 0.25) is 0 Å². The van der Waals surface area contributed by atoms with Crippen molar-refractivity contribution in [2.24, 2.45) is 0 Å². The van der Waals surface area contributed by atoms with E-state index in [1.807, 2.05) is 67.7 Å². The number of aromatic nitrogens is 3. The number of ketones is 1. The highest BCUT2D eigenvalue weighted by molar-refractivity contribution is 6.32. The minimum absolute atomic E-state index is 0.166. The number of carbonyl (C=O) groups is 1. The van der Waals surface area contributed by atoms with Crippen LogP contribution >= 0.6 is 0 Å². The van der Waals surface area contributed by atoms with Crippen LogP contribution in [0.5, 0.6) is 11.5 Å². The fraction of sp³-hybridized carbons (Fsp3) is 0.111. The molecule has 0 atom stereocenters. The normalized spacial score (nSPS) is 11.8. The second-order valence-electron chi connectivity index (χ2n) is 7.58. The number of carbonyl (C=O) groups excluding carboxylic acids is 1. The summed E-state index contributed by atoms with van der Waals surface area (Å²) in [5, 5.41) is 1.03. The second-order valence-corrected chi connectivity index (χ2v) is 7.58. The van der Waals surface area contributed by atoms with Crippen molar-refractivity contribution in [1.82, 2.24) is 15.0 Å². The third-order valence-electron chi connectivity index (χ3n) is 5.54. The zero-order valence-corrected chi connectivity index (χ0v) is 18.4. The number of hydrogen-bond acceptors (Lipinski definition) is 4. The number of ether oxygens (including phenoxy) is 2. The molecule has 0 aliphatic heterocycles. The van der Waals surface area contributed by atoms with Crippen LogP contribution in [0, 0.1) is 0 Å². The summed E-state index contributed by atoms with van der Waals surface area (Å²) in [4.78, 5) is 25.1. The average Bonchev–Trinajstić information content (AvgIpc) is 3.46. The summed E-state index contributed by atoms with van der Waals surface area (Å²) >= 11 is 0. The van der Waals surface area contributed by atoms with E-state index in [0.717, 1.165) is 27.5 Å². The smallest absolute Gasteiger partial charge is 0.196 e. The average molecular weight is 437 g/mol. The summed E-state index contributed by atoms with van der Waals surface area (Å²) in [6.07, 6.45) is 3.78. The third kappa shape index (κ3) is 3.87. The van der Waals surface area contributed by atoms with Gasteiger partial charge in [-0.3, -0.25) is 4.79 Å². The number of nitrogens with zero attached hydrogens (tertiary/aromatic N) is 1. The number of imidazole rings is 1. The molecule has 6 nitrogen and oxygen atoms in total. The first kappa shape index (κ1) is 20.6. The number of aromatic amines is 2. The maximum Gasteiger partial charge on any atom is 0.196 e. The van der Waals surface area contributed by atoms with Crippen LogP contribution in [0.3, 0.4) is 0 Å². The van der Waals surface area contributed by atoms with Crippen molar-refractivity contribution in [3.63, 3.8) is 0 Å². The van der Waals surface area contributed by atoms with Gasteiger partial charge in [0.15, 0.2) is 17.3 Å². The van der Waals surface area contributed by atoms with E-state index in [9.17, 15) is 4.79 Å². The Morgan fingerprint density at radius 3 is 2.58 bits per heavy atom. The molecule has 2 heterocycles. The van der Waals surface area contributed by atoms with Crippen molar-refractivity contribution >= 4 is 39.4 Å². The summed E-state index contributed by atoms with van der Waals surface area (Å²) < 4.78 is 11.1. The highest BCUT2D eigenvalue weighted by Gasteiger charge is 2.20. The highest BCUT2D eigenvalue weighted by Crippen LogP contribution is 2.32. The van der Waals surface area contributed by atoms with E-state index in [1.54, 1.807) is 25.3 Å². The van der Waals surface area contributed by atoms with Gasteiger partial charge < -0.3 is 19.4 Å². The molecule has 0 saturated carbocycles. The number of para-hydroxylation sites is 3. The summed E-state index contributed by atoms with van der Waals surface area (Å²) in [6.45, 7) is 2.41. The molecule has 0 bridgehead atoms. The van der Waals surface area contributed by atoms with Crippen molar-refractivity contribution < 1.29 is 14.3 Å². The van der Waals surface area contributed by atoms with E-state index in [0.29, 0.717) is 35.1 Å². The molecule has 0 saturated heterocycles. The summed E-state index contributed by atoms with van der Waals surface area (Å²) in [7, 11) is 1.56. The van der Waals surface area contributed by atoms with Gasteiger partial charge in [0.05, 0.1) is 30.3 Å². The molecule has 2 N–H and O–H groups in total. The lowest BCUT2D eigenvalue weighted by Crippen LogP contribution is -2.05. The fourth-order valence-corrected chi connectivity index (χ4v) is 3.93. The fourth-order valence-electron chi connectivity index (χ4n) is 3.93. The molecular weight excluding hydrogens is 414 g/mol. The largest absolute Gasteiger partial charge is 0.493 e. The van der Waals surface area contributed by atoms with Crippen molar-refractivity contribution in [2.45, 2.75) is 6.92 Å². The number of fused-ring (bicyclic) bond motifs is 2. The predicted molar refractivity (Wildman–Crippen MR) is 131 cm³/mol. The van der Waals surface area contributed by atoms with Gasteiger partial charge in [-0.1, -0.05) is 30.3 Å². The lowest BCUT2D eigenvalue weighted by Gasteiger charge is -2.11. The number of Topliss-reactive ketones (excluding diaryl/α,β-unsaturated/α-hetero) is 1. The minimum atomic E-state index is -0.166. The molecule has 0 amide bonds. The van der Waals surface area contributed by atoms with Gasteiger partial charge in [0.25, 0.3) is 0 Å². The van der Waals surface area contributed by atoms with E-state index in [-0.39, 0.29) is 5.78 Å². The van der Waals surface area contributed by atoms with E-state index in [1.165, 1.54) is 0 Å². The summed E-state index contributed by atoms with van der Waals surface area (Å²) in [6, 6.07) is 20.9. The van der Waals surface area contributed by atoms with Crippen molar-refractivity contribution in [1.29, 1.82) is 0 Å². The van der Waals surface area contributed by atoms with Gasteiger partial charge >= 0.3 is 0 Å². The van der Waals surface area contributed by atoms with E-state index >= 15 is 0 Å². The van der Waals surface area contributed by atoms with Crippen LogP contribution in [-0.4, -0.2) is 34.5 Å². The van der Waals surface area contributed by atoms with Gasteiger partial charge in [0, 0.05) is 28.2 Å². The summed E-state index contributed by atoms with van der Waals surface area (Å²) in [5.41, 5.74) is 4.53. The lowest BCUT2D eigenvalue weighted by atomic mass is 9.99. The molecule has 2 aromatic heterocycles. The number of hydrogen-bond donors (Lipinski definition) is 2. The quantitative estimate of drug-likeness (QED) is 0.246. The lowest BCUT2D eigenvalue weighted by molar-refractivity contribution is 0.105. The monoisotopic (exact) mass is 437 g/mol. The van der Waals surface area contributed by atoms with Crippen molar-refractivity contribution in [3.05, 3.63) is 89.9 Å². The van der Waals surface area contributed by atoms with Crippen LogP contribution in [0.2, 0.25) is 0 Å². The number of nitrogens with one attached hydrogen (secondary N) is 2. The number of methoxy groups -OCH3 is 1. The number of benzene rings is 3. The van der Waals surface area contributed by atoms with E-state index in [2.05, 4.69) is 9.97 Å². The number of allylic oxidation sites excluding steroid dienone is 1. The SMILES string of the molecule is CCOc1ccc(C(=O)C(=Cc2c[nH]c3ccccc23)c2nc3ccccc3[nH]2)cc1OC. The van der Waals surface area contributed by atoms with Crippen LogP contribution in [0.25, 0.3) is 33.6 Å². The Balaban J connectivity index is 1.66. The van der Waals surface area contributed by atoms with Crippen LogP contribution in [0.4, 0.5) is 0 Å². The Morgan fingerprint density at radius 2 is 1.79 bits per heavy atom. The van der Waals surface area contributed by atoms with Gasteiger partial charge in [0.1, 0.15) is 5.82 Å². The van der Waals surface area contributed by atoms with Crippen LogP contribution < -0.4 is 9.47 Å². The van der Waals surface area contributed by atoms with Crippen LogP contribution in [0.1, 0.15) is 28.7 Å². The predicted octanol–water partition coefficient (Wildman–Crippen LogP) is 5.88. The molecule has 0 aliphatic rings. The number of rotatable bonds is 7. The third-order valence-corrected chi connectivity index (χ3v) is 5.54. The van der Waals surface area contributed by atoms with Gasteiger partial charge in [-0.05, 0) is 49.4 Å². The molecule has 0 unspecified atom stereocenters. The Hall–Kier alpha value is -4.32. The Kier molecular flexibility index (Phi) is 5.40. The van der Waals surface area contributed by atoms with Crippen molar-refractivity contribution in [2.75, 3.05) is 13.7 Å². The molecule has 164 valence electrons. The van der Waals surface area contributed by atoms with Gasteiger partial charge in [-0.25, -0.2) is 4.98 Å². The van der Waals surface area contributed by atoms with E-state index in [4.69, 9.17) is 14.5 Å². The topological polar surface area (TPSA) is 80.0 Å². The molecule has 5 aromatic rings. The maximum absolute atomic E-state index is 13.8. The Morgan fingerprint density at radius 1 is 1.00 bits per heavy atom.